The predicted molar refractivity (Wildman–Crippen MR) is 109 cm³/mol. The maximum atomic E-state index is 12.4. The van der Waals surface area contributed by atoms with Gasteiger partial charge in [-0.1, -0.05) is 38.1 Å². The molecule has 140 valence electrons. The Morgan fingerprint density at radius 1 is 1.27 bits per heavy atom. The van der Waals surface area contributed by atoms with Gasteiger partial charge in [0, 0.05) is 17.5 Å². The van der Waals surface area contributed by atoms with E-state index >= 15 is 0 Å². The summed E-state index contributed by atoms with van der Waals surface area (Å²) < 4.78 is 0. The summed E-state index contributed by atoms with van der Waals surface area (Å²) in [5, 5.41) is 5.80. The molecule has 4 nitrogen and oxygen atoms in total. The molecule has 1 aliphatic heterocycles. The van der Waals surface area contributed by atoms with E-state index in [1.807, 2.05) is 5.38 Å². The van der Waals surface area contributed by atoms with Gasteiger partial charge in [-0.25, -0.2) is 4.98 Å². The molecule has 3 rings (SSSR count). The highest BCUT2D eigenvalue weighted by Crippen LogP contribution is 2.26. The Morgan fingerprint density at radius 2 is 1.96 bits per heavy atom. The van der Waals surface area contributed by atoms with E-state index in [1.165, 1.54) is 42.8 Å². The number of hydrogen-bond acceptors (Lipinski definition) is 4. The zero-order chi connectivity index (χ0) is 18.5. The first-order valence-electron chi connectivity index (χ1n) is 9.55. The Hall–Kier alpha value is -1.72. The number of likely N-dealkylation sites (tertiary alicyclic amines) is 1. The van der Waals surface area contributed by atoms with Crippen molar-refractivity contribution in [2.24, 2.45) is 5.92 Å². The van der Waals surface area contributed by atoms with Gasteiger partial charge in [-0.2, -0.15) is 0 Å². The fraction of sp³-hybridized carbons (Fsp3) is 0.524. The third kappa shape index (κ3) is 4.92. The van der Waals surface area contributed by atoms with Crippen LogP contribution < -0.4 is 5.32 Å². The van der Waals surface area contributed by atoms with Crippen molar-refractivity contribution in [3.63, 3.8) is 0 Å². The maximum Gasteiger partial charge on any atom is 0.270 e. The van der Waals surface area contributed by atoms with Crippen LogP contribution in [-0.4, -0.2) is 42.5 Å². The van der Waals surface area contributed by atoms with Crippen molar-refractivity contribution in [1.82, 2.24) is 15.2 Å². The van der Waals surface area contributed by atoms with Crippen LogP contribution in [0.2, 0.25) is 0 Å². The van der Waals surface area contributed by atoms with E-state index in [0.29, 0.717) is 11.6 Å². The largest absolute Gasteiger partial charge is 0.351 e. The summed E-state index contributed by atoms with van der Waals surface area (Å²) in [5.74, 6) is 1.20. The van der Waals surface area contributed by atoms with Crippen molar-refractivity contribution >= 4 is 17.2 Å². The first-order chi connectivity index (χ1) is 12.5. The van der Waals surface area contributed by atoms with Crippen molar-refractivity contribution in [3.05, 3.63) is 40.9 Å². The average molecular weight is 372 g/mol. The van der Waals surface area contributed by atoms with E-state index in [1.54, 1.807) is 0 Å². The topological polar surface area (TPSA) is 45.2 Å². The van der Waals surface area contributed by atoms with Crippen LogP contribution in [-0.2, 0) is 0 Å². The number of piperidine rings is 1. The van der Waals surface area contributed by atoms with Gasteiger partial charge >= 0.3 is 0 Å². The highest BCUT2D eigenvalue weighted by Gasteiger charge is 2.17. The van der Waals surface area contributed by atoms with Crippen LogP contribution in [0.1, 0.15) is 55.1 Å². The molecule has 1 aliphatic rings. The normalized spacial score (nSPS) is 16.2. The highest BCUT2D eigenvalue weighted by molar-refractivity contribution is 7.13. The zero-order valence-electron chi connectivity index (χ0n) is 16.0. The summed E-state index contributed by atoms with van der Waals surface area (Å²) in [6.45, 7) is 7.45. The molecule has 0 bridgehead atoms. The summed E-state index contributed by atoms with van der Waals surface area (Å²) >= 11 is 1.53. The van der Waals surface area contributed by atoms with E-state index in [0.717, 1.165) is 29.5 Å². The van der Waals surface area contributed by atoms with Gasteiger partial charge < -0.3 is 10.2 Å². The number of benzene rings is 1. The Labute approximate surface area is 160 Å². The van der Waals surface area contributed by atoms with Crippen LogP contribution in [0.15, 0.2) is 29.6 Å². The quantitative estimate of drug-likeness (QED) is 0.819. The second kappa shape index (κ2) is 8.78. The zero-order valence-corrected chi connectivity index (χ0v) is 16.8. The van der Waals surface area contributed by atoms with Gasteiger partial charge in [-0.3, -0.25) is 4.79 Å². The van der Waals surface area contributed by atoms with Gasteiger partial charge in [0.1, 0.15) is 10.7 Å². The predicted octanol–water partition coefficient (Wildman–Crippen LogP) is 4.40. The number of hydrogen-bond donors (Lipinski definition) is 1. The van der Waals surface area contributed by atoms with Crippen LogP contribution in [0.4, 0.5) is 0 Å². The minimum Gasteiger partial charge on any atom is -0.351 e. The van der Waals surface area contributed by atoms with E-state index in [-0.39, 0.29) is 5.91 Å². The van der Waals surface area contributed by atoms with Gasteiger partial charge in [-0.15, -0.1) is 11.3 Å². The molecule has 0 spiro atoms. The second-order valence-corrected chi connectivity index (χ2v) is 8.46. The fourth-order valence-electron chi connectivity index (χ4n) is 3.35. The molecule has 1 fully saturated rings. The van der Waals surface area contributed by atoms with Crippen LogP contribution in [0, 0.1) is 5.92 Å². The van der Waals surface area contributed by atoms with E-state index in [4.69, 9.17) is 0 Å². The number of nitrogens with one attached hydrogen (secondary N) is 1. The molecule has 1 aromatic heterocycles. The van der Waals surface area contributed by atoms with Crippen LogP contribution in [0.3, 0.4) is 0 Å². The van der Waals surface area contributed by atoms with Crippen LogP contribution >= 0.6 is 11.3 Å². The summed E-state index contributed by atoms with van der Waals surface area (Å²) in [7, 11) is 2.17. The Balaban J connectivity index is 1.51. The SMILES string of the molecule is CC(C)c1ccc(-c2nc(C(=O)NCCC3CCN(C)CC3)cs2)cc1. The molecule has 1 N–H and O–H groups in total. The number of amides is 1. The number of carbonyl (C=O) groups excluding carboxylic acids is 1. The number of rotatable bonds is 6. The van der Waals surface area contributed by atoms with Crippen molar-refractivity contribution in [2.45, 2.75) is 39.0 Å². The molecule has 2 aromatic rings. The first-order valence-corrected chi connectivity index (χ1v) is 10.4. The summed E-state index contributed by atoms with van der Waals surface area (Å²) in [6.07, 6.45) is 3.53. The molecule has 0 unspecified atom stereocenters. The van der Waals surface area contributed by atoms with Crippen molar-refractivity contribution in [2.75, 3.05) is 26.7 Å². The molecule has 0 aliphatic carbocycles. The van der Waals surface area contributed by atoms with Gasteiger partial charge in [0.05, 0.1) is 0 Å². The molecule has 5 heteroatoms. The maximum absolute atomic E-state index is 12.4. The minimum absolute atomic E-state index is 0.0563. The lowest BCUT2D eigenvalue weighted by molar-refractivity contribution is 0.0944. The number of nitrogens with zero attached hydrogens (tertiary/aromatic N) is 2. The first kappa shape index (κ1) is 19.1. The smallest absolute Gasteiger partial charge is 0.270 e. The lowest BCUT2D eigenvalue weighted by Gasteiger charge is -2.28. The Kier molecular flexibility index (Phi) is 6.43. The van der Waals surface area contributed by atoms with Gasteiger partial charge in [-0.05, 0) is 56.8 Å². The van der Waals surface area contributed by atoms with Crippen molar-refractivity contribution < 1.29 is 4.79 Å². The molecule has 0 radical (unpaired) electrons. The van der Waals surface area contributed by atoms with Crippen molar-refractivity contribution in [3.8, 4) is 10.6 Å². The van der Waals surface area contributed by atoms with Gasteiger partial charge in [0.2, 0.25) is 0 Å². The van der Waals surface area contributed by atoms with Crippen molar-refractivity contribution in [1.29, 1.82) is 0 Å². The highest BCUT2D eigenvalue weighted by atomic mass is 32.1. The molecule has 0 atom stereocenters. The van der Waals surface area contributed by atoms with Crippen LogP contribution in [0.5, 0.6) is 0 Å². The molecule has 1 saturated heterocycles. The van der Waals surface area contributed by atoms with Gasteiger partial charge in [0.15, 0.2) is 0 Å². The molecule has 1 aromatic carbocycles. The molecular formula is C21H29N3OS. The number of aromatic nitrogens is 1. The third-order valence-corrected chi connectivity index (χ3v) is 6.13. The third-order valence-electron chi connectivity index (χ3n) is 5.24. The summed E-state index contributed by atoms with van der Waals surface area (Å²) in [6, 6.07) is 8.47. The summed E-state index contributed by atoms with van der Waals surface area (Å²) in [4.78, 5) is 19.3. The second-order valence-electron chi connectivity index (χ2n) is 7.61. The monoisotopic (exact) mass is 371 g/mol. The standard InChI is InChI=1S/C21H29N3OS/c1-15(2)17-4-6-18(7-5-17)21-23-19(14-26-21)20(25)22-11-8-16-9-12-24(3)13-10-16/h4-7,14-16H,8-13H2,1-3H3,(H,22,25). The molecule has 0 saturated carbocycles. The molecule has 1 amide bonds. The lowest BCUT2D eigenvalue weighted by atomic mass is 9.94. The molecular weight excluding hydrogens is 342 g/mol. The lowest BCUT2D eigenvalue weighted by Crippen LogP contribution is -2.32. The Bertz CT molecular complexity index is 715. The van der Waals surface area contributed by atoms with E-state index < -0.39 is 0 Å². The number of thiazole rings is 1. The minimum atomic E-state index is -0.0563. The molecule has 2 heterocycles. The van der Waals surface area contributed by atoms with Crippen LogP contribution in [0.25, 0.3) is 10.6 Å². The fourth-order valence-corrected chi connectivity index (χ4v) is 4.16. The summed E-state index contributed by atoms with van der Waals surface area (Å²) in [5.41, 5.74) is 2.92. The Morgan fingerprint density at radius 3 is 2.62 bits per heavy atom. The van der Waals surface area contributed by atoms with E-state index in [9.17, 15) is 4.79 Å². The van der Waals surface area contributed by atoms with E-state index in [2.05, 4.69) is 60.4 Å². The number of carbonyl (C=O) groups is 1. The van der Waals surface area contributed by atoms with Gasteiger partial charge in [0.25, 0.3) is 5.91 Å². The average Bonchev–Trinajstić information content (AvgIpc) is 3.13. The molecule has 26 heavy (non-hydrogen) atoms.